The van der Waals surface area contributed by atoms with E-state index in [0.29, 0.717) is 17.6 Å². The van der Waals surface area contributed by atoms with Gasteiger partial charge < -0.3 is 10.2 Å². The number of rotatable bonds is 7. The molecule has 1 rings (SSSR count). The molecule has 0 aliphatic carbocycles. The van der Waals surface area contributed by atoms with Gasteiger partial charge in [0.1, 0.15) is 5.82 Å². The number of nitrogens with zero attached hydrogens (tertiary/aromatic N) is 3. The highest BCUT2D eigenvalue weighted by atomic mass is 32.2. The van der Waals surface area contributed by atoms with Crippen molar-refractivity contribution in [3.05, 3.63) is 17.8 Å². The molecule has 0 aromatic carbocycles. The van der Waals surface area contributed by atoms with Crippen LogP contribution in [0.25, 0.3) is 0 Å². The van der Waals surface area contributed by atoms with Gasteiger partial charge in [0.2, 0.25) is 0 Å². The minimum absolute atomic E-state index is 0.133. The zero-order valence-corrected chi connectivity index (χ0v) is 12.8. The van der Waals surface area contributed by atoms with Crippen LogP contribution in [0, 0.1) is 0 Å². The summed E-state index contributed by atoms with van der Waals surface area (Å²) in [6.07, 6.45) is 1.08. The minimum Gasteiger partial charge on any atom is -0.366 e. The minimum atomic E-state index is -0.133. The second kappa shape index (κ2) is 7.99. The number of hydrogen-bond donors (Lipinski definition) is 1. The molecule has 0 fully saturated rings. The number of anilines is 1. The van der Waals surface area contributed by atoms with Crippen LogP contribution in [0.4, 0.5) is 5.82 Å². The fourth-order valence-electron chi connectivity index (χ4n) is 1.48. The maximum absolute atomic E-state index is 11.7. The van der Waals surface area contributed by atoms with Crippen LogP contribution in [0.1, 0.15) is 30.8 Å². The van der Waals surface area contributed by atoms with Crippen molar-refractivity contribution in [3.63, 3.8) is 0 Å². The highest BCUT2D eigenvalue weighted by Gasteiger charge is 2.10. The molecule has 0 aliphatic rings. The van der Waals surface area contributed by atoms with Gasteiger partial charge in [0.15, 0.2) is 5.69 Å². The number of aromatic nitrogens is 2. The number of hydrogen-bond acceptors (Lipinski definition) is 5. The SMILES string of the molecule is CCSCCC(C)Nc1ccc(C(=O)N(C)C)nn1. The van der Waals surface area contributed by atoms with Crippen LogP contribution in [0.3, 0.4) is 0 Å². The van der Waals surface area contributed by atoms with Gasteiger partial charge in [0.25, 0.3) is 5.91 Å². The molecule has 0 bridgehead atoms. The van der Waals surface area contributed by atoms with Crippen molar-refractivity contribution >= 4 is 23.5 Å². The van der Waals surface area contributed by atoms with E-state index in [1.54, 1.807) is 26.2 Å². The Morgan fingerprint density at radius 1 is 1.42 bits per heavy atom. The van der Waals surface area contributed by atoms with Crippen molar-refractivity contribution in [2.45, 2.75) is 26.3 Å². The summed E-state index contributed by atoms with van der Waals surface area (Å²) in [5, 5.41) is 11.3. The van der Waals surface area contributed by atoms with E-state index >= 15 is 0 Å². The summed E-state index contributed by atoms with van der Waals surface area (Å²) in [7, 11) is 3.40. The number of thioether (sulfide) groups is 1. The molecule has 0 spiro atoms. The molecule has 0 aliphatic heterocycles. The van der Waals surface area contributed by atoms with E-state index in [-0.39, 0.29) is 5.91 Å². The summed E-state index contributed by atoms with van der Waals surface area (Å²) in [5.41, 5.74) is 0.366. The predicted octanol–water partition coefficient (Wildman–Crippen LogP) is 2.12. The molecule has 1 atom stereocenters. The third-order valence-corrected chi connectivity index (χ3v) is 3.52. The van der Waals surface area contributed by atoms with Crippen LogP contribution >= 0.6 is 11.8 Å². The van der Waals surface area contributed by atoms with Gasteiger partial charge in [0.05, 0.1) is 0 Å². The van der Waals surface area contributed by atoms with Crippen molar-refractivity contribution in [3.8, 4) is 0 Å². The normalized spacial score (nSPS) is 12.0. The lowest BCUT2D eigenvalue weighted by Gasteiger charge is -2.14. The first-order chi connectivity index (χ1) is 9.04. The van der Waals surface area contributed by atoms with Gasteiger partial charge in [-0.1, -0.05) is 6.92 Å². The van der Waals surface area contributed by atoms with Gasteiger partial charge in [-0.05, 0) is 37.0 Å². The van der Waals surface area contributed by atoms with Crippen LogP contribution < -0.4 is 5.32 Å². The number of amides is 1. The average molecular weight is 282 g/mol. The molecule has 1 aromatic heterocycles. The number of nitrogens with one attached hydrogen (secondary N) is 1. The van der Waals surface area contributed by atoms with Gasteiger partial charge in [0, 0.05) is 20.1 Å². The molecule has 1 N–H and O–H groups in total. The second-order valence-corrected chi connectivity index (χ2v) is 5.93. The van der Waals surface area contributed by atoms with Crippen LogP contribution in [-0.4, -0.2) is 52.6 Å². The van der Waals surface area contributed by atoms with Crippen molar-refractivity contribution in [1.82, 2.24) is 15.1 Å². The van der Waals surface area contributed by atoms with Gasteiger partial charge in [-0.3, -0.25) is 4.79 Å². The van der Waals surface area contributed by atoms with Gasteiger partial charge in [-0.15, -0.1) is 10.2 Å². The molecular weight excluding hydrogens is 260 g/mol. The molecule has 6 heteroatoms. The maximum Gasteiger partial charge on any atom is 0.273 e. The topological polar surface area (TPSA) is 58.1 Å². The summed E-state index contributed by atoms with van der Waals surface area (Å²) in [4.78, 5) is 13.1. The number of carbonyl (C=O) groups excluding carboxylic acids is 1. The molecule has 19 heavy (non-hydrogen) atoms. The second-order valence-electron chi connectivity index (χ2n) is 4.53. The molecule has 0 saturated heterocycles. The quantitative estimate of drug-likeness (QED) is 0.776. The predicted molar refractivity (Wildman–Crippen MR) is 80.8 cm³/mol. The molecule has 0 radical (unpaired) electrons. The highest BCUT2D eigenvalue weighted by Crippen LogP contribution is 2.09. The van der Waals surface area contributed by atoms with Crippen LogP contribution in [0.2, 0.25) is 0 Å². The van der Waals surface area contributed by atoms with E-state index in [9.17, 15) is 4.79 Å². The Kier molecular flexibility index (Phi) is 6.62. The molecular formula is C13H22N4OS. The molecule has 1 aromatic rings. The Balaban J connectivity index is 2.50. The lowest BCUT2D eigenvalue weighted by atomic mass is 10.2. The lowest BCUT2D eigenvalue weighted by molar-refractivity contribution is 0.0821. The molecule has 1 amide bonds. The van der Waals surface area contributed by atoms with E-state index in [2.05, 4.69) is 29.4 Å². The summed E-state index contributed by atoms with van der Waals surface area (Å²) in [6, 6.07) is 3.85. The first-order valence-electron chi connectivity index (χ1n) is 6.44. The average Bonchev–Trinajstić information content (AvgIpc) is 2.39. The highest BCUT2D eigenvalue weighted by molar-refractivity contribution is 7.99. The zero-order valence-electron chi connectivity index (χ0n) is 12.0. The first-order valence-corrected chi connectivity index (χ1v) is 7.59. The Hall–Kier alpha value is -1.30. The van der Waals surface area contributed by atoms with E-state index in [4.69, 9.17) is 0 Å². The van der Waals surface area contributed by atoms with Crippen molar-refractivity contribution in [2.24, 2.45) is 0 Å². The molecule has 1 unspecified atom stereocenters. The van der Waals surface area contributed by atoms with Gasteiger partial charge in [-0.2, -0.15) is 11.8 Å². The van der Waals surface area contributed by atoms with Crippen molar-refractivity contribution in [1.29, 1.82) is 0 Å². The maximum atomic E-state index is 11.7. The van der Waals surface area contributed by atoms with Crippen molar-refractivity contribution in [2.75, 3.05) is 30.9 Å². The van der Waals surface area contributed by atoms with E-state index < -0.39 is 0 Å². The van der Waals surface area contributed by atoms with E-state index in [1.807, 2.05) is 11.8 Å². The van der Waals surface area contributed by atoms with Gasteiger partial charge >= 0.3 is 0 Å². The smallest absolute Gasteiger partial charge is 0.273 e. The Labute approximate surface area is 119 Å². The third-order valence-electron chi connectivity index (χ3n) is 2.58. The molecule has 0 saturated carbocycles. The monoisotopic (exact) mass is 282 g/mol. The van der Waals surface area contributed by atoms with Crippen LogP contribution in [0.15, 0.2) is 12.1 Å². The fraction of sp³-hybridized carbons (Fsp3) is 0.615. The van der Waals surface area contributed by atoms with Gasteiger partial charge in [-0.25, -0.2) is 0 Å². The molecule has 106 valence electrons. The van der Waals surface area contributed by atoms with Crippen molar-refractivity contribution < 1.29 is 4.79 Å². The third kappa shape index (κ3) is 5.46. The zero-order chi connectivity index (χ0) is 14.3. The van der Waals surface area contributed by atoms with Crippen LogP contribution in [0.5, 0.6) is 0 Å². The van der Waals surface area contributed by atoms with Crippen LogP contribution in [-0.2, 0) is 0 Å². The first kappa shape index (κ1) is 15.8. The molecule has 5 nitrogen and oxygen atoms in total. The lowest BCUT2D eigenvalue weighted by Crippen LogP contribution is -2.23. The number of carbonyl (C=O) groups is 1. The largest absolute Gasteiger partial charge is 0.366 e. The fourth-order valence-corrected chi connectivity index (χ4v) is 2.29. The summed E-state index contributed by atoms with van der Waals surface area (Å²) in [6.45, 7) is 4.28. The Bertz CT molecular complexity index is 394. The summed E-state index contributed by atoms with van der Waals surface area (Å²) < 4.78 is 0. The molecule has 1 heterocycles. The summed E-state index contributed by atoms with van der Waals surface area (Å²) in [5.74, 6) is 2.86. The Morgan fingerprint density at radius 2 is 2.16 bits per heavy atom. The standard InChI is InChI=1S/C13H22N4OS/c1-5-19-9-8-10(2)14-12-7-6-11(15-16-12)13(18)17(3)4/h6-7,10H,5,8-9H2,1-4H3,(H,14,16). The van der Waals surface area contributed by atoms with E-state index in [0.717, 1.165) is 17.9 Å². The van der Waals surface area contributed by atoms with E-state index in [1.165, 1.54) is 4.90 Å². The Morgan fingerprint density at radius 3 is 2.68 bits per heavy atom. The summed E-state index contributed by atoms with van der Waals surface area (Å²) >= 11 is 1.93.